The SMILES string of the molecule is Cc1ccc(C(=O)N/C(=C\c2ccco2)C(=O)Nc2ccccc2C(C)C)cc1. The molecular formula is C24H24N2O3. The lowest BCUT2D eigenvalue weighted by Crippen LogP contribution is -2.31. The maximum atomic E-state index is 13.0. The maximum Gasteiger partial charge on any atom is 0.272 e. The summed E-state index contributed by atoms with van der Waals surface area (Å²) in [6.45, 7) is 6.07. The third-order valence-corrected chi connectivity index (χ3v) is 4.47. The molecule has 0 fully saturated rings. The number of furan rings is 1. The standard InChI is InChI=1S/C24H24N2O3/c1-16(2)20-8-4-5-9-21(20)25-24(28)22(15-19-7-6-14-29-19)26-23(27)18-12-10-17(3)11-13-18/h4-16H,1-3H3,(H,25,28)(H,26,27)/b22-15-. The van der Waals surface area contributed by atoms with Gasteiger partial charge in [0.15, 0.2) is 0 Å². The molecule has 0 atom stereocenters. The highest BCUT2D eigenvalue weighted by atomic mass is 16.3. The lowest BCUT2D eigenvalue weighted by molar-refractivity contribution is -0.113. The molecule has 0 bridgehead atoms. The number of amides is 2. The fourth-order valence-corrected chi connectivity index (χ4v) is 2.88. The van der Waals surface area contributed by atoms with Crippen LogP contribution in [0.25, 0.3) is 6.08 Å². The summed E-state index contributed by atoms with van der Waals surface area (Å²) in [4.78, 5) is 25.7. The summed E-state index contributed by atoms with van der Waals surface area (Å²) < 4.78 is 5.32. The number of hydrogen-bond donors (Lipinski definition) is 2. The van der Waals surface area contributed by atoms with Gasteiger partial charge < -0.3 is 15.1 Å². The Bertz CT molecular complexity index is 1020. The fourth-order valence-electron chi connectivity index (χ4n) is 2.88. The van der Waals surface area contributed by atoms with Crippen LogP contribution in [0, 0.1) is 6.92 Å². The van der Waals surface area contributed by atoms with Crippen molar-refractivity contribution in [2.24, 2.45) is 0 Å². The van der Waals surface area contributed by atoms with Crippen LogP contribution in [0.15, 0.2) is 77.0 Å². The molecule has 0 aliphatic rings. The zero-order valence-corrected chi connectivity index (χ0v) is 16.7. The molecule has 0 aliphatic carbocycles. The molecule has 2 N–H and O–H groups in total. The zero-order valence-electron chi connectivity index (χ0n) is 16.7. The normalized spacial score (nSPS) is 11.4. The predicted molar refractivity (Wildman–Crippen MR) is 114 cm³/mol. The third-order valence-electron chi connectivity index (χ3n) is 4.47. The first-order valence-corrected chi connectivity index (χ1v) is 9.47. The van der Waals surface area contributed by atoms with Crippen molar-refractivity contribution < 1.29 is 14.0 Å². The Kier molecular flexibility index (Phi) is 6.29. The number of rotatable bonds is 6. The van der Waals surface area contributed by atoms with Gasteiger partial charge in [-0.05, 0) is 48.7 Å². The van der Waals surface area contributed by atoms with Gasteiger partial charge in [0.1, 0.15) is 11.5 Å². The van der Waals surface area contributed by atoms with Crippen LogP contribution in [0.5, 0.6) is 0 Å². The summed E-state index contributed by atoms with van der Waals surface area (Å²) in [5.41, 5.74) is 3.35. The van der Waals surface area contributed by atoms with Crippen LogP contribution in [-0.2, 0) is 4.79 Å². The van der Waals surface area contributed by atoms with E-state index in [1.165, 1.54) is 12.3 Å². The lowest BCUT2D eigenvalue weighted by Gasteiger charge is -2.15. The number of anilines is 1. The summed E-state index contributed by atoms with van der Waals surface area (Å²) in [6, 6.07) is 18.2. The highest BCUT2D eigenvalue weighted by Gasteiger charge is 2.17. The van der Waals surface area contributed by atoms with Gasteiger partial charge in [0.05, 0.1) is 6.26 Å². The van der Waals surface area contributed by atoms with Crippen molar-refractivity contribution >= 4 is 23.6 Å². The topological polar surface area (TPSA) is 71.3 Å². The highest BCUT2D eigenvalue weighted by Crippen LogP contribution is 2.24. The second-order valence-corrected chi connectivity index (χ2v) is 7.09. The molecule has 0 saturated heterocycles. The van der Waals surface area contributed by atoms with Gasteiger partial charge in [0.2, 0.25) is 0 Å². The molecule has 5 heteroatoms. The first-order valence-electron chi connectivity index (χ1n) is 9.47. The van der Waals surface area contributed by atoms with E-state index in [9.17, 15) is 9.59 Å². The van der Waals surface area contributed by atoms with Crippen molar-refractivity contribution in [2.75, 3.05) is 5.32 Å². The molecule has 2 aromatic carbocycles. The molecule has 1 aromatic heterocycles. The Morgan fingerprint density at radius 3 is 2.34 bits per heavy atom. The molecule has 0 unspecified atom stereocenters. The Labute approximate surface area is 170 Å². The molecule has 1 heterocycles. The van der Waals surface area contributed by atoms with Crippen molar-refractivity contribution in [1.29, 1.82) is 0 Å². The average molecular weight is 388 g/mol. The van der Waals surface area contributed by atoms with Crippen molar-refractivity contribution in [3.05, 3.63) is 95.1 Å². The summed E-state index contributed by atoms with van der Waals surface area (Å²) in [7, 11) is 0. The van der Waals surface area contributed by atoms with Crippen LogP contribution in [0.3, 0.4) is 0 Å². The summed E-state index contributed by atoms with van der Waals surface area (Å²) in [6.07, 6.45) is 3.02. The van der Waals surface area contributed by atoms with Crippen molar-refractivity contribution in [1.82, 2.24) is 5.32 Å². The second-order valence-electron chi connectivity index (χ2n) is 7.09. The molecule has 3 rings (SSSR count). The number of benzene rings is 2. The molecule has 2 amide bonds. The van der Waals surface area contributed by atoms with Gasteiger partial charge >= 0.3 is 0 Å². The number of carbonyl (C=O) groups is 2. The average Bonchev–Trinajstić information content (AvgIpc) is 3.21. The van der Waals surface area contributed by atoms with Gasteiger partial charge in [-0.3, -0.25) is 9.59 Å². The van der Waals surface area contributed by atoms with Crippen LogP contribution < -0.4 is 10.6 Å². The van der Waals surface area contributed by atoms with Crippen molar-refractivity contribution in [3.8, 4) is 0 Å². The lowest BCUT2D eigenvalue weighted by atomic mass is 10.0. The number of hydrogen-bond acceptors (Lipinski definition) is 3. The number of para-hydroxylation sites is 1. The Morgan fingerprint density at radius 2 is 1.69 bits per heavy atom. The first kappa shape index (κ1) is 20.1. The molecular weight excluding hydrogens is 364 g/mol. The van der Waals surface area contributed by atoms with Crippen LogP contribution in [0.1, 0.15) is 47.0 Å². The van der Waals surface area contributed by atoms with Crippen LogP contribution in [0.2, 0.25) is 0 Å². The number of nitrogens with one attached hydrogen (secondary N) is 2. The zero-order chi connectivity index (χ0) is 20.8. The van der Waals surface area contributed by atoms with E-state index in [0.29, 0.717) is 17.0 Å². The molecule has 29 heavy (non-hydrogen) atoms. The van der Waals surface area contributed by atoms with E-state index in [1.54, 1.807) is 24.3 Å². The summed E-state index contributed by atoms with van der Waals surface area (Å²) >= 11 is 0. The minimum Gasteiger partial charge on any atom is -0.465 e. The minimum absolute atomic E-state index is 0.101. The molecule has 0 saturated carbocycles. The predicted octanol–water partition coefficient (Wildman–Crippen LogP) is 5.12. The summed E-state index contributed by atoms with van der Waals surface area (Å²) in [5, 5.41) is 5.62. The molecule has 0 radical (unpaired) electrons. The second kappa shape index (κ2) is 9.06. The van der Waals surface area contributed by atoms with Crippen molar-refractivity contribution in [3.63, 3.8) is 0 Å². The largest absolute Gasteiger partial charge is 0.465 e. The highest BCUT2D eigenvalue weighted by molar-refractivity contribution is 6.10. The van der Waals surface area contributed by atoms with E-state index >= 15 is 0 Å². The molecule has 3 aromatic rings. The van der Waals surface area contributed by atoms with Crippen molar-refractivity contribution in [2.45, 2.75) is 26.7 Å². The smallest absolute Gasteiger partial charge is 0.272 e. The van der Waals surface area contributed by atoms with E-state index < -0.39 is 5.91 Å². The molecule has 148 valence electrons. The van der Waals surface area contributed by atoms with Gasteiger partial charge in [-0.1, -0.05) is 49.7 Å². The third kappa shape index (κ3) is 5.23. The van der Waals surface area contributed by atoms with Gasteiger partial charge in [0.25, 0.3) is 11.8 Å². The van der Waals surface area contributed by atoms with E-state index in [4.69, 9.17) is 4.42 Å². The number of aryl methyl sites for hydroxylation is 1. The van der Waals surface area contributed by atoms with Gasteiger partial charge in [-0.25, -0.2) is 0 Å². The maximum absolute atomic E-state index is 13.0. The summed E-state index contributed by atoms with van der Waals surface area (Å²) in [5.74, 6) is -0.0762. The van der Waals surface area contributed by atoms with Gasteiger partial charge in [-0.15, -0.1) is 0 Å². The Balaban J connectivity index is 1.87. The first-order chi connectivity index (χ1) is 13.9. The Morgan fingerprint density at radius 1 is 0.966 bits per heavy atom. The van der Waals surface area contributed by atoms with E-state index in [0.717, 1.165) is 11.1 Å². The Hall–Kier alpha value is -3.60. The van der Waals surface area contributed by atoms with Crippen LogP contribution in [0.4, 0.5) is 5.69 Å². The number of carbonyl (C=O) groups excluding carboxylic acids is 2. The van der Waals surface area contributed by atoms with Crippen LogP contribution in [-0.4, -0.2) is 11.8 Å². The molecule has 0 spiro atoms. The minimum atomic E-state index is -0.421. The van der Waals surface area contributed by atoms with Crippen LogP contribution >= 0.6 is 0 Å². The molecule has 0 aliphatic heterocycles. The van der Waals surface area contributed by atoms with E-state index in [2.05, 4.69) is 24.5 Å². The van der Waals surface area contributed by atoms with Gasteiger partial charge in [-0.2, -0.15) is 0 Å². The van der Waals surface area contributed by atoms with Gasteiger partial charge in [0, 0.05) is 17.3 Å². The van der Waals surface area contributed by atoms with E-state index in [-0.39, 0.29) is 17.5 Å². The molecule has 5 nitrogen and oxygen atoms in total. The monoisotopic (exact) mass is 388 g/mol. The fraction of sp³-hybridized carbons (Fsp3) is 0.167. The van der Waals surface area contributed by atoms with E-state index in [1.807, 2.05) is 43.3 Å². The quantitative estimate of drug-likeness (QED) is 0.576.